The van der Waals surface area contributed by atoms with Crippen LogP contribution in [0.25, 0.3) is 11.1 Å². The molecule has 4 aromatic rings. The van der Waals surface area contributed by atoms with Gasteiger partial charge in [-0.1, -0.05) is 51.9 Å². The third-order valence-electron chi connectivity index (χ3n) is 5.86. The topological polar surface area (TPSA) is 91.0 Å². The lowest BCUT2D eigenvalue weighted by Crippen LogP contribution is -2.41. The molecule has 0 spiro atoms. The molecule has 1 aliphatic heterocycles. The molecule has 0 radical (unpaired) electrons. The molecule has 0 atom stereocenters. The average molecular weight is 512 g/mol. The van der Waals surface area contributed by atoms with Gasteiger partial charge in [0.05, 0.1) is 29.9 Å². The number of amides is 2. The first-order valence-electron chi connectivity index (χ1n) is 11.2. The van der Waals surface area contributed by atoms with Crippen molar-refractivity contribution in [2.75, 3.05) is 23.0 Å². The second-order valence-corrected chi connectivity index (χ2v) is 10.5. The molecule has 36 heavy (non-hydrogen) atoms. The predicted octanol–water partition coefficient (Wildman–Crippen LogP) is 5.70. The highest BCUT2D eigenvalue weighted by molar-refractivity contribution is 8.76. The number of carbonyl (C=O) groups excluding carboxylic acids is 2. The Labute approximate surface area is 216 Å². The highest BCUT2D eigenvalue weighted by atomic mass is 33.1. The van der Waals surface area contributed by atoms with Gasteiger partial charge in [-0.3, -0.25) is 14.3 Å². The van der Waals surface area contributed by atoms with Crippen molar-refractivity contribution in [1.29, 1.82) is 5.26 Å². The summed E-state index contributed by atoms with van der Waals surface area (Å²) in [5.74, 6) is -0.721. The minimum absolute atomic E-state index is 0.201. The van der Waals surface area contributed by atoms with Crippen molar-refractivity contribution < 1.29 is 9.59 Å². The Morgan fingerprint density at radius 3 is 2.44 bits per heavy atom. The maximum Gasteiger partial charge on any atom is 0.277 e. The standard InChI is InChI=1S/C27H21N5O2S2/c1-35-36-23-11-7-20(8-12-23)19-5-9-22(10-6-19)31-13-14-32-25(27(31)34)24(17-29-32)26(33)30-21-4-2-3-18(15-21)16-28/h2-12,15,17H,13-14H2,1H3,(H,30,33). The Bertz CT molecular complexity index is 1470. The largest absolute Gasteiger partial charge is 0.322 e. The summed E-state index contributed by atoms with van der Waals surface area (Å²) >= 11 is 0. The van der Waals surface area contributed by atoms with Gasteiger partial charge in [-0.25, -0.2) is 0 Å². The molecule has 0 saturated heterocycles. The zero-order valence-electron chi connectivity index (χ0n) is 19.3. The van der Waals surface area contributed by atoms with Crippen molar-refractivity contribution in [2.24, 2.45) is 0 Å². The van der Waals surface area contributed by atoms with E-state index in [0.29, 0.717) is 24.3 Å². The number of hydrogen-bond donors (Lipinski definition) is 1. The number of fused-ring (bicyclic) bond motifs is 1. The van der Waals surface area contributed by atoms with Crippen molar-refractivity contribution in [3.05, 3.63) is 95.8 Å². The van der Waals surface area contributed by atoms with Crippen molar-refractivity contribution in [3.63, 3.8) is 0 Å². The van der Waals surface area contributed by atoms with Crippen LogP contribution >= 0.6 is 21.6 Å². The van der Waals surface area contributed by atoms with Crippen LogP contribution < -0.4 is 10.2 Å². The van der Waals surface area contributed by atoms with Crippen molar-refractivity contribution in [2.45, 2.75) is 11.4 Å². The Morgan fingerprint density at radius 1 is 1.03 bits per heavy atom. The summed E-state index contributed by atoms with van der Waals surface area (Å²) in [5.41, 5.74) is 4.30. The summed E-state index contributed by atoms with van der Waals surface area (Å²) < 4.78 is 1.57. The molecule has 1 aromatic heterocycles. The third-order valence-corrected chi connectivity index (χ3v) is 7.57. The van der Waals surface area contributed by atoms with Gasteiger partial charge in [-0.05, 0) is 59.8 Å². The van der Waals surface area contributed by atoms with Gasteiger partial charge in [-0.2, -0.15) is 10.4 Å². The first-order valence-corrected chi connectivity index (χ1v) is 13.7. The van der Waals surface area contributed by atoms with E-state index in [0.717, 1.165) is 16.8 Å². The quantitative estimate of drug-likeness (QED) is 0.334. The van der Waals surface area contributed by atoms with Crippen molar-refractivity contribution >= 4 is 44.8 Å². The zero-order chi connectivity index (χ0) is 25.1. The average Bonchev–Trinajstić information content (AvgIpc) is 3.35. The molecular formula is C27H21N5O2S2. The lowest BCUT2D eigenvalue weighted by Gasteiger charge is -2.28. The Hall–Kier alpha value is -4.00. The molecule has 0 saturated carbocycles. The number of nitrogens with one attached hydrogen (secondary N) is 1. The number of benzene rings is 3. The lowest BCUT2D eigenvalue weighted by atomic mass is 10.0. The second-order valence-electron chi connectivity index (χ2n) is 8.05. The molecule has 5 rings (SSSR count). The van der Waals surface area contributed by atoms with E-state index in [4.69, 9.17) is 5.26 Å². The summed E-state index contributed by atoms with van der Waals surface area (Å²) in [6.45, 7) is 0.938. The lowest BCUT2D eigenvalue weighted by molar-refractivity contribution is 0.0947. The molecule has 9 heteroatoms. The van der Waals surface area contributed by atoms with Crippen LogP contribution in [0.15, 0.2) is 83.9 Å². The molecule has 0 aliphatic carbocycles. The molecule has 1 N–H and O–H groups in total. The summed E-state index contributed by atoms with van der Waals surface area (Å²) in [6.07, 6.45) is 3.47. The molecule has 2 heterocycles. The Balaban J connectivity index is 1.35. The number of hydrogen-bond acceptors (Lipinski definition) is 6. The highest BCUT2D eigenvalue weighted by Gasteiger charge is 2.32. The Kier molecular flexibility index (Phi) is 6.80. The highest BCUT2D eigenvalue weighted by Crippen LogP contribution is 2.31. The summed E-state index contributed by atoms with van der Waals surface area (Å²) in [4.78, 5) is 29.3. The van der Waals surface area contributed by atoms with Gasteiger partial charge in [0.25, 0.3) is 11.8 Å². The van der Waals surface area contributed by atoms with Crippen LogP contribution in [0.5, 0.6) is 0 Å². The number of nitrogens with zero attached hydrogens (tertiary/aromatic N) is 4. The van der Waals surface area contributed by atoms with E-state index in [1.165, 1.54) is 11.1 Å². The van der Waals surface area contributed by atoms with E-state index in [9.17, 15) is 9.59 Å². The van der Waals surface area contributed by atoms with E-state index in [1.807, 2.05) is 30.3 Å². The zero-order valence-corrected chi connectivity index (χ0v) is 21.0. The van der Waals surface area contributed by atoms with Gasteiger partial charge in [0, 0.05) is 22.8 Å². The van der Waals surface area contributed by atoms with Gasteiger partial charge in [-0.15, -0.1) is 0 Å². The molecule has 0 fully saturated rings. The van der Waals surface area contributed by atoms with E-state index >= 15 is 0 Å². The SMILES string of the molecule is CSSc1ccc(-c2ccc(N3CCn4ncc(C(=O)Nc5cccc(C#N)c5)c4C3=O)cc2)cc1. The maximum absolute atomic E-state index is 13.4. The molecule has 0 bridgehead atoms. The first kappa shape index (κ1) is 23.7. The minimum atomic E-state index is -0.444. The van der Waals surface area contributed by atoms with E-state index in [-0.39, 0.29) is 17.2 Å². The smallest absolute Gasteiger partial charge is 0.277 e. The number of nitriles is 1. The fraction of sp³-hybridized carbons (Fsp3) is 0.111. The van der Waals surface area contributed by atoms with Crippen molar-refractivity contribution in [3.8, 4) is 17.2 Å². The normalized spacial score (nSPS) is 12.7. The number of aromatic nitrogens is 2. The third kappa shape index (κ3) is 4.73. The van der Waals surface area contributed by atoms with Gasteiger partial charge < -0.3 is 10.2 Å². The first-order chi connectivity index (χ1) is 17.6. The van der Waals surface area contributed by atoms with Crippen LogP contribution in [0.2, 0.25) is 0 Å². The minimum Gasteiger partial charge on any atom is -0.322 e. The monoisotopic (exact) mass is 511 g/mol. The predicted molar refractivity (Wildman–Crippen MR) is 144 cm³/mol. The Morgan fingerprint density at radius 2 is 1.75 bits per heavy atom. The molecular weight excluding hydrogens is 490 g/mol. The second kappa shape index (κ2) is 10.3. The number of carbonyl (C=O) groups is 2. The number of rotatable bonds is 6. The van der Waals surface area contributed by atoms with Crippen LogP contribution in [0, 0.1) is 11.3 Å². The van der Waals surface area contributed by atoms with Crippen LogP contribution in [-0.2, 0) is 6.54 Å². The fourth-order valence-corrected chi connectivity index (χ4v) is 5.47. The van der Waals surface area contributed by atoms with E-state index < -0.39 is 5.91 Å². The van der Waals surface area contributed by atoms with Crippen LogP contribution in [0.1, 0.15) is 26.4 Å². The van der Waals surface area contributed by atoms with E-state index in [1.54, 1.807) is 55.4 Å². The summed E-state index contributed by atoms with van der Waals surface area (Å²) in [6, 6.07) is 24.9. The molecule has 178 valence electrons. The van der Waals surface area contributed by atoms with Gasteiger partial charge >= 0.3 is 0 Å². The maximum atomic E-state index is 13.4. The van der Waals surface area contributed by atoms with Crippen LogP contribution in [0.3, 0.4) is 0 Å². The molecule has 1 aliphatic rings. The number of anilines is 2. The van der Waals surface area contributed by atoms with Gasteiger partial charge in [0.2, 0.25) is 0 Å². The van der Waals surface area contributed by atoms with Crippen LogP contribution in [0.4, 0.5) is 11.4 Å². The fourth-order valence-electron chi connectivity index (χ4n) is 4.12. The van der Waals surface area contributed by atoms with Crippen molar-refractivity contribution in [1.82, 2.24) is 9.78 Å². The molecule has 0 unspecified atom stereocenters. The molecule has 7 nitrogen and oxygen atoms in total. The van der Waals surface area contributed by atoms with Crippen LogP contribution in [-0.4, -0.2) is 34.4 Å². The molecule has 2 amide bonds. The van der Waals surface area contributed by atoms with Gasteiger partial charge in [0.15, 0.2) is 0 Å². The summed E-state index contributed by atoms with van der Waals surface area (Å²) in [5, 5.41) is 16.1. The van der Waals surface area contributed by atoms with Gasteiger partial charge in [0.1, 0.15) is 5.69 Å². The summed E-state index contributed by atoms with van der Waals surface area (Å²) in [7, 11) is 3.44. The van der Waals surface area contributed by atoms with E-state index in [2.05, 4.69) is 40.9 Å². The molecule has 3 aromatic carbocycles.